The summed E-state index contributed by atoms with van der Waals surface area (Å²) in [7, 11) is 0. The molecule has 0 bridgehead atoms. The van der Waals surface area contributed by atoms with Crippen LogP contribution >= 0.6 is 11.8 Å². The van der Waals surface area contributed by atoms with Gasteiger partial charge in [-0.3, -0.25) is 14.5 Å². The number of aromatic nitrogens is 1. The van der Waals surface area contributed by atoms with Gasteiger partial charge in [-0.15, -0.1) is 0 Å². The topological polar surface area (TPSA) is 79.6 Å². The fraction of sp³-hybridized carbons (Fsp3) is 0.118. The summed E-state index contributed by atoms with van der Waals surface area (Å²) in [6.45, 7) is 2.10. The second-order valence-electron chi connectivity index (χ2n) is 5.08. The number of benzene rings is 1. The minimum Gasteiger partial charge on any atom is -0.478 e. The van der Waals surface area contributed by atoms with Gasteiger partial charge in [0, 0.05) is 24.1 Å². The minimum absolute atomic E-state index is 0.205. The summed E-state index contributed by atoms with van der Waals surface area (Å²) in [6.07, 6.45) is 3.48. The normalized spacial score (nSPS) is 16.2. The largest absolute Gasteiger partial charge is 0.478 e. The molecule has 1 aromatic heterocycles. The second-order valence-corrected chi connectivity index (χ2v) is 6.07. The number of rotatable bonds is 4. The third kappa shape index (κ3) is 2.85. The molecule has 2 amide bonds. The first-order valence-electron chi connectivity index (χ1n) is 7.27. The Kier molecular flexibility index (Phi) is 4.26. The summed E-state index contributed by atoms with van der Waals surface area (Å²) in [6, 6.07) is 10.1. The van der Waals surface area contributed by atoms with Crippen molar-refractivity contribution in [2.24, 2.45) is 0 Å². The number of likely N-dealkylation sites (N-methyl/N-ethyl adjacent to an activating group) is 1. The van der Waals surface area contributed by atoms with Gasteiger partial charge in [-0.25, -0.2) is 4.79 Å². The van der Waals surface area contributed by atoms with Crippen LogP contribution in [0.3, 0.4) is 0 Å². The van der Waals surface area contributed by atoms with Crippen LogP contribution in [0.15, 0.2) is 47.5 Å². The van der Waals surface area contributed by atoms with Crippen LogP contribution in [0.1, 0.15) is 23.0 Å². The molecule has 122 valence electrons. The Morgan fingerprint density at radius 2 is 1.92 bits per heavy atom. The van der Waals surface area contributed by atoms with Gasteiger partial charge in [0.15, 0.2) is 0 Å². The van der Waals surface area contributed by atoms with Crippen molar-refractivity contribution < 1.29 is 19.5 Å². The van der Waals surface area contributed by atoms with Crippen molar-refractivity contribution in [2.45, 2.75) is 6.92 Å². The average molecular weight is 342 g/mol. The first-order valence-corrected chi connectivity index (χ1v) is 8.09. The van der Waals surface area contributed by atoms with Gasteiger partial charge in [0.1, 0.15) is 0 Å². The Labute approximate surface area is 142 Å². The number of thioether (sulfide) groups is 1. The molecule has 1 saturated heterocycles. The molecule has 2 aromatic rings. The lowest BCUT2D eigenvalue weighted by atomic mass is 10.2. The molecule has 3 rings (SSSR count). The summed E-state index contributed by atoms with van der Waals surface area (Å²) < 4.78 is 1.82. The lowest BCUT2D eigenvalue weighted by molar-refractivity contribution is -0.122. The quantitative estimate of drug-likeness (QED) is 0.863. The predicted octanol–water partition coefficient (Wildman–Crippen LogP) is 3.23. The first kappa shape index (κ1) is 16.1. The van der Waals surface area contributed by atoms with Crippen LogP contribution in [0.25, 0.3) is 11.8 Å². The molecule has 0 saturated carbocycles. The summed E-state index contributed by atoms with van der Waals surface area (Å²) in [4.78, 5) is 36.5. The van der Waals surface area contributed by atoms with Crippen molar-refractivity contribution in [3.05, 3.63) is 58.8 Å². The number of carbonyl (C=O) groups excluding carboxylic acids is 2. The number of carbonyl (C=O) groups is 3. The van der Waals surface area contributed by atoms with Crippen molar-refractivity contribution in [3.8, 4) is 5.69 Å². The Morgan fingerprint density at radius 1 is 1.21 bits per heavy atom. The molecule has 7 heteroatoms. The predicted molar refractivity (Wildman–Crippen MR) is 91.1 cm³/mol. The standard InChI is InChI=1S/C17H14N2O4S/c1-2-18-15(20)14(24-17(18)23)10-13-4-3-9-19(13)12-7-5-11(6-8-12)16(21)22/h3-10H,2H2,1H3,(H,21,22). The lowest BCUT2D eigenvalue weighted by Gasteiger charge is -2.08. The third-order valence-electron chi connectivity index (χ3n) is 3.64. The number of aromatic carboxylic acids is 1. The highest BCUT2D eigenvalue weighted by Gasteiger charge is 2.33. The molecule has 0 radical (unpaired) electrons. The van der Waals surface area contributed by atoms with Gasteiger partial charge in [-0.2, -0.15) is 0 Å². The van der Waals surface area contributed by atoms with Gasteiger partial charge in [0.25, 0.3) is 11.1 Å². The first-order chi connectivity index (χ1) is 11.5. The van der Waals surface area contributed by atoms with Crippen LogP contribution in [0, 0.1) is 0 Å². The molecule has 1 aromatic carbocycles. The molecule has 6 nitrogen and oxygen atoms in total. The molecule has 24 heavy (non-hydrogen) atoms. The van der Waals surface area contributed by atoms with Gasteiger partial charge in [0.2, 0.25) is 0 Å². The second kappa shape index (κ2) is 6.37. The monoisotopic (exact) mass is 342 g/mol. The number of hydrogen-bond donors (Lipinski definition) is 1. The van der Waals surface area contributed by atoms with E-state index in [-0.39, 0.29) is 16.7 Å². The zero-order valence-electron chi connectivity index (χ0n) is 12.8. The molecule has 1 fully saturated rings. The van der Waals surface area contributed by atoms with Crippen molar-refractivity contribution in [3.63, 3.8) is 0 Å². The zero-order valence-corrected chi connectivity index (χ0v) is 13.6. The van der Waals surface area contributed by atoms with Crippen molar-refractivity contribution in [1.29, 1.82) is 0 Å². The zero-order chi connectivity index (χ0) is 17.3. The maximum absolute atomic E-state index is 12.2. The van der Waals surface area contributed by atoms with E-state index in [1.807, 2.05) is 22.9 Å². The Hall–Kier alpha value is -2.80. The van der Waals surface area contributed by atoms with Crippen LogP contribution < -0.4 is 0 Å². The van der Waals surface area contributed by atoms with E-state index in [1.54, 1.807) is 25.1 Å². The van der Waals surface area contributed by atoms with Crippen LogP contribution in [-0.2, 0) is 4.79 Å². The van der Waals surface area contributed by atoms with E-state index < -0.39 is 5.97 Å². The average Bonchev–Trinajstić information content (AvgIpc) is 3.12. The van der Waals surface area contributed by atoms with E-state index in [4.69, 9.17) is 5.11 Å². The molecule has 0 unspecified atom stereocenters. The molecular formula is C17H14N2O4S. The highest BCUT2D eigenvalue weighted by atomic mass is 32.2. The van der Waals surface area contributed by atoms with Crippen molar-refractivity contribution in [1.82, 2.24) is 9.47 Å². The van der Waals surface area contributed by atoms with Crippen LogP contribution in [0.5, 0.6) is 0 Å². The molecule has 0 spiro atoms. The summed E-state index contributed by atoms with van der Waals surface area (Å²) in [5, 5.41) is 8.69. The SMILES string of the molecule is CCN1C(=O)SC(=Cc2cccn2-c2ccc(C(=O)O)cc2)C1=O. The van der Waals surface area contributed by atoms with E-state index in [2.05, 4.69) is 0 Å². The molecule has 1 aliphatic rings. The number of imide groups is 1. The maximum atomic E-state index is 12.2. The van der Waals surface area contributed by atoms with Crippen LogP contribution in [0.4, 0.5) is 4.79 Å². The molecule has 0 aliphatic carbocycles. The van der Waals surface area contributed by atoms with Crippen molar-refractivity contribution in [2.75, 3.05) is 6.54 Å². The Morgan fingerprint density at radius 3 is 2.50 bits per heavy atom. The van der Waals surface area contributed by atoms with Gasteiger partial charge in [-0.05, 0) is 61.2 Å². The number of hydrogen-bond acceptors (Lipinski definition) is 4. The lowest BCUT2D eigenvalue weighted by Crippen LogP contribution is -2.27. The van der Waals surface area contributed by atoms with E-state index in [9.17, 15) is 14.4 Å². The van der Waals surface area contributed by atoms with E-state index >= 15 is 0 Å². The van der Waals surface area contributed by atoms with Crippen molar-refractivity contribution >= 4 is 35.0 Å². The fourth-order valence-electron chi connectivity index (χ4n) is 2.42. The number of carboxylic acid groups (broad SMARTS) is 1. The molecule has 0 atom stereocenters. The van der Waals surface area contributed by atoms with Gasteiger partial charge >= 0.3 is 5.97 Å². The molecular weight excluding hydrogens is 328 g/mol. The number of nitrogens with zero attached hydrogens (tertiary/aromatic N) is 2. The molecule has 1 N–H and O–H groups in total. The molecule has 2 heterocycles. The molecule has 1 aliphatic heterocycles. The van der Waals surface area contributed by atoms with E-state index in [0.29, 0.717) is 11.4 Å². The highest BCUT2D eigenvalue weighted by molar-refractivity contribution is 8.18. The van der Waals surface area contributed by atoms with Crippen LogP contribution in [-0.4, -0.2) is 38.2 Å². The minimum atomic E-state index is -0.984. The summed E-state index contributed by atoms with van der Waals surface area (Å²) >= 11 is 0.922. The Balaban J connectivity index is 1.94. The van der Waals surface area contributed by atoms with E-state index in [1.165, 1.54) is 17.0 Å². The van der Waals surface area contributed by atoms with Gasteiger partial charge in [0.05, 0.1) is 10.5 Å². The van der Waals surface area contributed by atoms with E-state index in [0.717, 1.165) is 23.1 Å². The Bertz CT molecular complexity index is 852. The fourth-order valence-corrected chi connectivity index (χ4v) is 3.31. The third-order valence-corrected chi connectivity index (χ3v) is 4.55. The van der Waals surface area contributed by atoms with Gasteiger partial charge < -0.3 is 9.67 Å². The number of amides is 2. The highest BCUT2D eigenvalue weighted by Crippen LogP contribution is 2.32. The summed E-state index contributed by atoms with van der Waals surface area (Å²) in [5.74, 6) is -1.27. The smallest absolute Gasteiger partial charge is 0.335 e. The van der Waals surface area contributed by atoms with Crippen LogP contribution in [0.2, 0.25) is 0 Å². The summed E-state index contributed by atoms with van der Waals surface area (Å²) in [5.41, 5.74) is 1.71. The van der Waals surface area contributed by atoms with Gasteiger partial charge in [-0.1, -0.05) is 0 Å². The maximum Gasteiger partial charge on any atom is 0.335 e. The number of carboxylic acids is 1.